The zero-order valence-electron chi connectivity index (χ0n) is 16.7. The van der Waals surface area contributed by atoms with Crippen LogP contribution in [-0.4, -0.2) is 43.6 Å². The van der Waals surface area contributed by atoms with Crippen LogP contribution in [0, 0.1) is 0 Å². The minimum absolute atomic E-state index is 0.0661. The molecule has 30 heavy (non-hydrogen) atoms. The molecule has 1 aliphatic rings. The number of carbonyl (C=O) groups excluding carboxylic acids is 1. The summed E-state index contributed by atoms with van der Waals surface area (Å²) in [5, 5.41) is 10.8. The maximum absolute atomic E-state index is 13.3. The van der Waals surface area contributed by atoms with E-state index in [4.69, 9.17) is 0 Å². The first kappa shape index (κ1) is 18.5. The van der Waals surface area contributed by atoms with Crippen molar-refractivity contribution < 1.29 is 4.79 Å². The van der Waals surface area contributed by atoms with Gasteiger partial charge in [0.25, 0.3) is 5.91 Å². The number of rotatable bonds is 4. The summed E-state index contributed by atoms with van der Waals surface area (Å²) in [5.74, 6) is 2.03. The van der Waals surface area contributed by atoms with Gasteiger partial charge in [-0.05, 0) is 29.5 Å². The third kappa shape index (κ3) is 3.56. The number of nitrogens with zero attached hydrogens (tertiary/aromatic N) is 5. The molecule has 0 spiro atoms. The second-order valence-corrected chi connectivity index (χ2v) is 7.61. The van der Waals surface area contributed by atoms with E-state index in [1.54, 1.807) is 12.4 Å². The van der Waals surface area contributed by atoms with Crippen molar-refractivity contribution in [2.24, 2.45) is 0 Å². The maximum Gasteiger partial charge on any atom is 0.254 e. The number of hydrogen-bond donors (Lipinski definition) is 0. The summed E-state index contributed by atoms with van der Waals surface area (Å²) in [6.07, 6.45) is 6.04. The van der Waals surface area contributed by atoms with Crippen molar-refractivity contribution in [3.8, 4) is 0 Å². The number of aromatic nitrogens is 4. The number of hydrogen-bond acceptors (Lipinski definition) is 4. The first-order valence-electron chi connectivity index (χ1n) is 10.4. The molecule has 2 aromatic carbocycles. The quantitative estimate of drug-likeness (QED) is 0.530. The van der Waals surface area contributed by atoms with Crippen LogP contribution in [0.25, 0.3) is 10.8 Å². The van der Waals surface area contributed by atoms with E-state index in [0.717, 1.165) is 53.8 Å². The predicted octanol–water partition coefficient (Wildman–Crippen LogP) is 3.31. The van der Waals surface area contributed by atoms with Gasteiger partial charge in [0.05, 0.1) is 0 Å². The molecule has 4 aromatic rings. The van der Waals surface area contributed by atoms with Gasteiger partial charge < -0.3 is 9.47 Å². The molecule has 0 N–H and O–H groups in total. The van der Waals surface area contributed by atoms with Gasteiger partial charge >= 0.3 is 0 Å². The Balaban J connectivity index is 1.32. The van der Waals surface area contributed by atoms with E-state index >= 15 is 0 Å². The Morgan fingerprint density at radius 1 is 0.900 bits per heavy atom. The Morgan fingerprint density at radius 3 is 2.70 bits per heavy atom. The van der Waals surface area contributed by atoms with Crippen LogP contribution in [0.2, 0.25) is 0 Å². The van der Waals surface area contributed by atoms with Gasteiger partial charge in [0.1, 0.15) is 11.6 Å². The van der Waals surface area contributed by atoms with Gasteiger partial charge in [-0.1, -0.05) is 42.5 Å². The van der Waals surface area contributed by atoms with E-state index < -0.39 is 0 Å². The summed E-state index contributed by atoms with van der Waals surface area (Å²) in [6, 6.07) is 18.2. The number of amides is 1. The largest absolute Gasteiger partial charge is 0.336 e. The molecule has 0 bridgehead atoms. The van der Waals surface area contributed by atoms with Crippen LogP contribution in [0.15, 0.2) is 67.0 Å². The standard InChI is InChI=1S/C24H23N5O/c30-24(21-8-4-7-19-17-25-13-11-20(19)21)28-14-12-23-27-26-22(29(23)16-15-28)10-9-18-5-2-1-3-6-18/h1-8,11,13,17H,9-10,12,14-16H2. The molecule has 0 fully saturated rings. The first-order valence-corrected chi connectivity index (χ1v) is 10.4. The molecule has 2 aromatic heterocycles. The van der Waals surface area contributed by atoms with Crippen LogP contribution in [-0.2, 0) is 25.8 Å². The van der Waals surface area contributed by atoms with Gasteiger partial charge in [-0.3, -0.25) is 9.78 Å². The summed E-state index contributed by atoms with van der Waals surface area (Å²) < 4.78 is 2.20. The molecule has 5 rings (SSSR count). The van der Waals surface area contributed by atoms with E-state index in [0.29, 0.717) is 13.1 Å². The smallest absolute Gasteiger partial charge is 0.254 e. The number of carbonyl (C=O) groups is 1. The molecule has 3 heterocycles. The van der Waals surface area contributed by atoms with E-state index in [2.05, 4.69) is 44.0 Å². The summed E-state index contributed by atoms with van der Waals surface area (Å²) in [4.78, 5) is 19.4. The average Bonchev–Trinajstić information content (AvgIpc) is 3.06. The molecule has 0 radical (unpaired) electrons. The minimum atomic E-state index is 0.0661. The normalized spacial score (nSPS) is 13.8. The van der Waals surface area contributed by atoms with Gasteiger partial charge in [-0.25, -0.2) is 0 Å². The van der Waals surface area contributed by atoms with Crippen LogP contribution in [0.1, 0.15) is 27.6 Å². The molecule has 150 valence electrons. The van der Waals surface area contributed by atoms with Crippen molar-refractivity contribution in [2.45, 2.75) is 25.8 Å². The highest BCUT2D eigenvalue weighted by Gasteiger charge is 2.23. The van der Waals surface area contributed by atoms with Gasteiger partial charge in [0.15, 0.2) is 0 Å². The third-order valence-electron chi connectivity index (χ3n) is 5.78. The lowest BCUT2D eigenvalue weighted by Gasteiger charge is -2.21. The van der Waals surface area contributed by atoms with Crippen molar-refractivity contribution >= 4 is 16.7 Å². The van der Waals surface area contributed by atoms with E-state index in [9.17, 15) is 4.79 Å². The Hall–Kier alpha value is -3.54. The number of benzene rings is 2. The molecular weight excluding hydrogens is 374 g/mol. The Bertz CT molecular complexity index is 1180. The van der Waals surface area contributed by atoms with Crippen molar-refractivity contribution in [3.63, 3.8) is 0 Å². The first-order chi connectivity index (χ1) is 14.8. The SMILES string of the molecule is O=C(c1cccc2cnccc12)N1CCc2nnc(CCc3ccccc3)n2CC1. The van der Waals surface area contributed by atoms with Gasteiger partial charge in [-0.15, -0.1) is 10.2 Å². The molecule has 1 aliphatic heterocycles. The van der Waals surface area contributed by atoms with Crippen LogP contribution < -0.4 is 0 Å². The van der Waals surface area contributed by atoms with Crippen LogP contribution in [0.4, 0.5) is 0 Å². The number of pyridine rings is 1. The topological polar surface area (TPSA) is 63.9 Å². The Kier molecular flexibility index (Phi) is 4.97. The molecular formula is C24H23N5O. The average molecular weight is 397 g/mol. The summed E-state index contributed by atoms with van der Waals surface area (Å²) in [6.45, 7) is 2.03. The summed E-state index contributed by atoms with van der Waals surface area (Å²) >= 11 is 0. The lowest BCUT2D eigenvalue weighted by Crippen LogP contribution is -2.34. The maximum atomic E-state index is 13.3. The van der Waals surface area contributed by atoms with Gasteiger partial charge in [-0.2, -0.15) is 0 Å². The summed E-state index contributed by atoms with van der Waals surface area (Å²) in [7, 11) is 0. The fraction of sp³-hybridized carbons (Fsp3) is 0.250. The second-order valence-electron chi connectivity index (χ2n) is 7.61. The van der Waals surface area contributed by atoms with Gasteiger partial charge in [0.2, 0.25) is 0 Å². The lowest BCUT2D eigenvalue weighted by molar-refractivity contribution is 0.0760. The van der Waals surface area contributed by atoms with Gasteiger partial charge in [0, 0.05) is 55.8 Å². The Morgan fingerprint density at radius 2 is 1.80 bits per heavy atom. The molecule has 0 unspecified atom stereocenters. The van der Waals surface area contributed by atoms with Crippen LogP contribution >= 0.6 is 0 Å². The zero-order chi connectivity index (χ0) is 20.3. The van der Waals surface area contributed by atoms with Crippen LogP contribution in [0.3, 0.4) is 0 Å². The van der Waals surface area contributed by atoms with Crippen molar-refractivity contribution in [2.75, 3.05) is 13.1 Å². The highest BCUT2D eigenvalue weighted by molar-refractivity contribution is 6.06. The van der Waals surface area contributed by atoms with Crippen molar-refractivity contribution in [3.05, 3.63) is 89.8 Å². The molecule has 6 heteroatoms. The summed E-state index contributed by atoms with van der Waals surface area (Å²) in [5.41, 5.74) is 2.03. The predicted molar refractivity (Wildman–Crippen MR) is 115 cm³/mol. The van der Waals surface area contributed by atoms with Crippen molar-refractivity contribution in [1.82, 2.24) is 24.6 Å². The Labute approximate surface area is 175 Å². The van der Waals surface area contributed by atoms with E-state index in [-0.39, 0.29) is 5.91 Å². The second kappa shape index (κ2) is 8.06. The fourth-order valence-electron chi connectivity index (χ4n) is 4.15. The third-order valence-corrected chi connectivity index (χ3v) is 5.78. The molecule has 6 nitrogen and oxygen atoms in total. The molecule has 0 saturated carbocycles. The highest BCUT2D eigenvalue weighted by atomic mass is 16.2. The van der Waals surface area contributed by atoms with E-state index in [1.807, 2.05) is 35.2 Å². The van der Waals surface area contributed by atoms with Crippen molar-refractivity contribution in [1.29, 1.82) is 0 Å². The lowest BCUT2D eigenvalue weighted by atomic mass is 10.1. The fourth-order valence-corrected chi connectivity index (χ4v) is 4.15. The number of fused-ring (bicyclic) bond motifs is 2. The zero-order valence-corrected chi connectivity index (χ0v) is 16.7. The molecule has 0 aliphatic carbocycles. The molecule has 0 saturated heterocycles. The highest BCUT2D eigenvalue weighted by Crippen LogP contribution is 2.20. The van der Waals surface area contributed by atoms with E-state index in [1.165, 1.54) is 5.56 Å². The molecule has 1 amide bonds. The molecule has 0 atom stereocenters. The number of aryl methyl sites for hydroxylation is 2. The van der Waals surface area contributed by atoms with Crippen LogP contribution in [0.5, 0.6) is 0 Å². The monoisotopic (exact) mass is 397 g/mol. The minimum Gasteiger partial charge on any atom is -0.336 e.